The highest BCUT2D eigenvalue weighted by molar-refractivity contribution is 5.86. The molecular weight excluding hydrogens is 298 g/mol. The van der Waals surface area contributed by atoms with Gasteiger partial charge in [0, 0.05) is 11.7 Å². The van der Waals surface area contributed by atoms with E-state index in [1.807, 2.05) is 0 Å². The molecule has 1 amide bonds. The highest BCUT2D eigenvalue weighted by Gasteiger charge is 2.28. The number of halogens is 2. The summed E-state index contributed by atoms with van der Waals surface area (Å²) in [5, 5.41) is 5.97. The number of benzene rings is 2. The fourth-order valence-corrected chi connectivity index (χ4v) is 2.32. The van der Waals surface area contributed by atoms with E-state index in [9.17, 15) is 13.6 Å². The molecule has 0 heterocycles. The summed E-state index contributed by atoms with van der Waals surface area (Å²) in [4.78, 5) is 12.5. The van der Waals surface area contributed by atoms with Crippen LogP contribution in [0.4, 0.5) is 14.5 Å². The summed E-state index contributed by atoms with van der Waals surface area (Å²) < 4.78 is 26.8. The Kier molecular flexibility index (Phi) is 4.28. The van der Waals surface area contributed by atoms with Crippen molar-refractivity contribution in [1.82, 2.24) is 5.32 Å². The van der Waals surface area contributed by atoms with Crippen LogP contribution in [0.25, 0.3) is 0 Å². The topological polar surface area (TPSA) is 41.1 Å². The first-order valence-electron chi connectivity index (χ1n) is 7.61. The van der Waals surface area contributed by atoms with Crippen molar-refractivity contribution in [3.05, 3.63) is 65.2 Å². The summed E-state index contributed by atoms with van der Waals surface area (Å²) in [7, 11) is 0. The molecular formula is C18H18F2N2O. The molecule has 3 nitrogen and oxygen atoms in total. The summed E-state index contributed by atoms with van der Waals surface area (Å²) in [6.07, 6.45) is 1.95. The minimum atomic E-state index is -0.696. The Morgan fingerprint density at radius 3 is 2.43 bits per heavy atom. The van der Waals surface area contributed by atoms with E-state index in [0.717, 1.165) is 12.8 Å². The lowest BCUT2D eigenvalue weighted by Crippen LogP contribution is -2.34. The number of anilines is 1. The number of carbonyl (C=O) groups excluding carboxylic acids is 1. The van der Waals surface area contributed by atoms with Crippen molar-refractivity contribution in [2.75, 3.05) is 5.32 Å². The molecule has 0 aliphatic heterocycles. The first kappa shape index (κ1) is 15.5. The van der Waals surface area contributed by atoms with Gasteiger partial charge in [0.25, 0.3) is 0 Å². The molecule has 1 atom stereocenters. The first-order chi connectivity index (χ1) is 11.0. The Hall–Kier alpha value is -2.43. The van der Waals surface area contributed by atoms with E-state index in [-0.39, 0.29) is 23.6 Å². The van der Waals surface area contributed by atoms with Crippen LogP contribution in [0.3, 0.4) is 0 Å². The molecule has 1 saturated carbocycles. The van der Waals surface area contributed by atoms with Gasteiger partial charge in [-0.3, -0.25) is 4.79 Å². The molecule has 1 unspecified atom stereocenters. The average Bonchev–Trinajstić information content (AvgIpc) is 3.33. The Morgan fingerprint density at radius 2 is 1.83 bits per heavy atom. The van der Waals surface area contributed by atoms with Gasteiger partial charge in [-0.25, -0.2) is 8.78 Å². The summed E-state index contributed by atoms with van der Waals surface area (Å²) in [5.41, 5.74) is 1.68. The Labute approximate surface area is 133 Å². The molecule has 1 aliphatic rings. The van der Waals surface area contributed by atoms with Gasteiger partial charge in [0.15, 0.2) is 0 Å². The van der Waals surface area contributed by atoms with E-state index in [2.05, 4.69) is 10.6 Å². The maximum atomic E-state index is 13.7. The Bertz CT molecular complexity index is 711. The average molecular weight is 316 g/mol. The number of nitrogens with one attached hydrogen (secondary N) is 2. The van der Waals surface area contributed by atoms with Gasteiger partial charge in [-0.1, -0.05) is 18.2 Å². The number of amides is 1. The van der Waals surface area contributed by atoms with Gasteiger partial charge in [-0.15, -0.1) is 0 Å². The third kappa shape index (κ3) is 3.86. The third-order valence-corrected chi connectivity index (χ3v) is 3.87. The smallest absolute Gasteiger partial charge is 0.247 e. The summed E-state index contributed by atoms with van der Waals surface area (Å²) in [6, 6.07) is 9.98. The normalized spacial score (nSPS) is 15.1. The lowest BCUT2D eigenvalue weighted by molar-refractivity contribution is -0.122. The SMILES string of the molecule is Cc1ccc(NC(C(=O)NC2CC2)c2ccc(F)cc2)cc1F. The van der Waals surface area contributed by atoms with E-state index >= 15 is 0 Å². The van der Waals surface area contributed by atoms with E-state index in [4.69, 9.17) is 0 Å². The zero-order valence-electron chi connectivity index (χ0n) is 12.8. The Morgan fingerprint density at radius 1 is 1.13 bits per heavy atom. The number of hydrogen-bond donors (Lipinski definition) is 2. The van der Waals surface area contributed by atoms with Crippen LogP contribution >= 0.6 is 0 Å². The predicted molar refractivity (Wildman–Crippen MR) is 85.1 cm³/mol. The Balaban J connectivity index is 1.85. The highest BCUT2D eigenvalue weighted by Crippen LogP contribution is 2.25. The lowest BCUT2D eigenvalue weighted by atomic mass is 10.1. The molecule has 0 aromatic heterocycles. The quantitative estimate of drug-likeness (QED) is 0.883. The summed E-state index contributed by atoms with van der Waals surface area (Å²) in [5.74, 6) is -0.896. The molecule has 23 heavy (non-hydrogen) atoms. The highest BCUT2D eigenvalue weighted by atomic mass is 19.1. The van der Waals surface area contributed by atoms with Crippen molar-refractivity contribution >= 4 is 11.6 Å². The van der Waals surface area contributed by atoms with Gasteiger partial charge < -0.3 is 10.6 Å². The molecule has 120 valence electrons. The van der Waals surface area contributed by atoms with E-state index in [1.165, 1.54) is 18.2 Å². The number of hydrogen-bond acceptors (Lipinski definition) is 2. The van der Waals surface area contributed by atoms with Gasteiger partial charge in [0.2, 0.25) is 5.91 Å². The van der Waals surface area contributed by atoms with Crippen molar-refractivity contribution < 1.29 is 13.6 Å². The van der Waals surface area contributed by atoms with Gasteiger partial charge in [0.05, 0.1) is 0 Å². The minimum Gasteiger partial charge on any atom is -0.370 e. The van der Waals surface area contributed by atoms with Crippen molar-refractivity contribution in [3.8, 4) is 0 Å². The molecule has 1 fully saturated rings. The first-order valence-corrected chi connectivity index (χ1v) is 7.61. The third-order valence-electron chi connectivity index (χ3n) is 3.87. The lowest BCUT2D eigenvalue weighted by Gasteiger charge is -2.20. The van der Waals surface area contributed by atoms with E-state index in [0.29, 0.717) is 16.8 Å². The molecule has 0 saturated heterocycles. The molecule has 0 spiro atoms. The molecule has 2 N–H and O–H groups in total. The van der Waals surface area contributed by atoms with Crippen LogP contribution in [0.15, 0.2) is 42.5 Å². The second-order valence-electron chi connectivity index (χ2n) is 5.88. The summed E-state index contributed by atoms with van der Waals surface area (Å²) >= 11 is 0. The zero-order chi connectivity index (χ0) is 16.4. The fraction of sp³-hybridized carbons (Fsp3) is 0.278. The monoisotopic (exact) mass is 316 g/mol. The van der Waals surface area contributed by atoms with Gasteiger partial charge >= 0.3 is 0 Å². The van der Waals surface area contributed by atoms with Gasteiger partial charge in [-0.2, -0.15) is 0 Å². The van der Waals surface area contributed by atoms with Gasteiger partial charge in [-0.05, 0) is 55.2 Å². The molecule has 3 rings (SSSR count). The van der Waals surface area contributed by atoms with Crippen molar-refractivity contribution in [3.63, 3.8) is 0 Å². The molecule has 2 aromatic rings. The van der Waals surface area contributed by atoms with Crippen LogP contribution in [0.5, 0.6) is 0 Å². The van der Waals surface area contributed by atoms with Crippen LogP contribution in [0.2, 0.25) is 0 Å². The van der Waals surface area contributed by atoms with Crippen LogP contribution in [-0.4, -0.2) is 11.9 Å². The molecule has 0 bridgehead atoms. The zero-order valence-corrected chi connectivity index (χ0v) is 12.8. The van der Waals surface area contributed by atoms with Crippen LogP contribution < -0.4 is 10.6 Å². The number of aryl methyl sites for hydroxylation is 1. The van der Waals surface area contributed by atoms with Crippen LogP contribution in [0.1, 0.15) is 30.0 Å². The molecule has 2 aromatic carbocycles. The van der Waals surface area contributed by atoms with E-state index in [1.54, 1.807) is 31.2 Å². The standard InChI is InChI=1S/C18H18F2N2O/c1-11-2-7-15(10-16(11)20)21-17(18(23)22-14-8-9-14)12-3-5-13(19)6-4-12/h2-7,10,14,17,21H,8-9H2,1H3,(H,22,23). The maximum absolute atomic E-state index is 13.7. The van der Waals surface area contributed by atoms with Gasteiger partial charge in [0.1, 0.15) is 17.7 Å². The molecule has 0 radical (unpaired) electrons. The predicted octanol–water partition coefficient (Wildman–Crippen LogP) is 3.71. The largest absolute Gasteiger partial charge is 0.370 e. The second-order valence-corrected chi connectivity index (χ2v) is 5.88. The van der Waals surface area contributed by atoms with Crippen molar-refractivity contribution in [2.45, 2.75) is 31.8 Å². The maximum Gasteiger partial charge on any atom is 0.247 e. The molecule has 5 heteroatoms. The van der Waals surface area contributed by atoms with Crippen LogP contribution in [-0.2, 0) is 4.79 Å². The fourth-order valence-electron chi connectivity index (χ4n) is 2.32. The number of carbonyl (C=O) groups is 1. The minimum absolute atomic E-state index is 0.194. The van der Waals surface area contributed by atoms with Crippen LogP contribution in [0, 0.1) is 18.6 Å². The van der Waals surface area contributed by atoms with Crippen molar-refractivity contribution in [1.29, 1.82) is 0 Å². The summed E-state index contributed by atoms with van der Waals surface area (Å²) in [6.45, 7) is 1.68. The molecule has 1 aliphatic carbocycles. The van der Waals surface area contributed by atoms with Crippen molar-refractivity contribution in [2.24, 2.45) is 0 Å². The number of rotatable bonds is 5. The van der Waals surface area contributed by atoms with E-state index < -0.39 is 6.04 Å². The second kappa shape index (κ2) is 6.36.